The summed E-state index contributed by atoms with van der Waals surface area (Å²) in [5, 5.41) is 14.2. The number of halogens is 1. The standard InChI is InChI=1S/C14H22FN5OS/c1-17-13(11-6-9(16)4-5-12(11)15)14(18-2,19-3)21-7-10(8-22)20-13/h4-6,8,10,17-20H,7,16H2,1-3H3/t10?,13-/m0/s1. The van der Waals surface area contributed by atoms with Crippen molar-refractivity contribution in [3.63, 3.8) is 0 Å². The lowest BCUT2D eigenvalue weighted by Crippen LogP contribution is -2.82. The highest BCUT2D eigenvalue weighted by atomic mass is 32.1. The van der Waals surface area contributed by atoms with Crippen LogP contribution in [-0.4, -0.2) is 45.0 Å². The zero-order valence-corrected chi connectivity index (χ0v) is 13.7. The fourth-order valence-corrected chi connectivity index (χ4v) is 3.09. The van der Waals surface area contributed by atoms with Gasteiger partial charge in [-0.3, -0.25) is 21.3 Å². The molecule has 1 saturated heterocycles. The van der Waals surface area contributed by atoms with E-state index in [1.165, 1.54) is 12.1 Å². The zero-order valence-electron chi connectivity index (χ0n) is 12.9. The molecule has 0 bridgehead atoms. The van der Waals surface area contributed by atoms with E-state index in [4.69, 9.17) is 22.7 Å². The number of ether oxygens (including phenoxy) is 1. The average Bonchev–Trinajstić information content (AvgIpc) is 2.56. The molecule has 0 aliphatic carbocycles. The summed E-state index contributed by atoms with van der Waals surface area (Å²) in [7, 11) is 5.17. The molecule has 1 fully saturated rings. The number of likely N-dealkylation sites (N-methyl/N-ethyl adjacent to an activating group) is 3. The summed E-state index contributed by atoms with van der Waals surface area (Å²) in [4.78, 5) is 0. The third kappa shape index (κ3) is 2.51. The number of thiocarbonyl (C=S) groups is 1. The second-order valence-corrected chi connectivity index (χ2v) is 5.39. The van der Waals surface area contributed by atoms with E-state index >= 15 is 0 Å². The maximum atomic E-state index is 14.6. The number of hydrogen-bond acceptors (Lipinski definition) is 7. The molecule has 1 heterocycles. The van der Waals surface area contributed by atoms with Crippen molar-refractivity contribution in [2.45, 2.75) is 17.6 Å². The molecular weight excluding hydrogens is 305 g/mol. The lowest BCUT2D eigenvalue weighted by Gasteiger charge is -2.54. The first kappa shape index (κ1) is 17.2. The quantitative estimate of drug-likeness (QED) is 0.292. The Hall–Kier alpha value is -1.16. The van der Waals surface area contributed by atoms with Crippen LogP contribution in [0.15, 0.2) is 18.2 Å². The van der Waals surface area contributed by atoms with Crippen LogP contribution >= 0.6 is 12.2 Å². The Kier molecular flexibility index (Phi) is 5.10. The van der Waals surface area contributed by atoms with Crippen LogP contribution in [-0.2, 0) is 10.4 Å². The Morgan fingerprint density at radius 3 is 2.59 bits per heavy atom. The van der Waals surface area contributed by atoms with Gasteiger partial charge in [0.15, 0.2) is 5.66 Å². The fourth-order valence-electron chi connectivity index (χ4n) is 2.94. The van der Waals surface area contributed by atoms with Crippen LogP contribution in [0.3, 0.4) is 0 Å². The van der Waals surface area contributed by atoms with Gasteiger partial charge in [0.2, 0.25) is 5.85 Å². The highest BCUT2D eigenvalue weighted by Gasteiger charge is 2.56. The lowest BCUT2D eigenvalue weighted by molar-refractivity contribution is -0.194. The summed E-state index contributed by atoms with van der Waals surface area (Å²) in [6.45, 7) is 0.346. The van der Waals surface area contributed by atoms with Crippen molar-refractivity contribution in [1.82, 2.24) is 21.3 Å². The number of nitrogens with one attached hydrogen (secondary N) is 4. The molecule has 1 unspecified atom stereocenters. The van der Waals surface area contributed by atoms with Crippen molar-refractivity contribution < 1.29 is 9.13 Å². The minimum absolute atomic E-state index is 0.224. The first-order valence-corrected chi connectivity index (χ1v) is 7.45. The largest absolute Gasteiger partial charge is 0.399 e. The minimum atomic E-state index is -1.12. The van der Waals surface area contributed by atoms with E-state index in [-0.39, 0.29) is 6.04 Å². The number of nitrogens with two attached hydrogens (primary N) is 1. The van der Waals surface area contributed by atoms with Crippen LogP contribution in [0.1, 0.15) is 5.56 Å². The number of anilines is 1. The van der Waals surface area contributed by atoms with Gasteiger partial charge >= 0.3 is 0 Å². The zero-order chi connectivity index (χ0) is 16.4. The van der Waals surface area contributed by atoms with Crippen LogP contribution < -0.4 is 27.0 Å². The maximum Gasteiger partial charge on any atom is 0.211 e. The van der Waals surface area contributed by atoms with Gasteiger partial charge in [0.05, 0.1) is 12.6 Å². The van der Waals surface area contributed by atoms with Gasteiger partial charge in [0.1, 0.15) is 5.82 Å². The van der Waals surface area contributed by atoms with Crippen molar-refractivity contribution in [3.8, 4) is 0 Å². The molecule has 6 N–H and O–H groups in total. The Balaban J connectivity index is 2.67. The number of morpholine rings is 1. The maximum absolute atomic E-state index is 14.6. The van der Waals surface area contributed by atoms with E-state index in [1.807, 2.05) is 0 Å². The van der Waals surface area contributed by atoms with E-state index in [0.717, 1.165) is 0 Å². The van der Waals surface area contributed by atoms with Crippen molar-refractivity contribution in [3.05, 3.63) is 29.6 Å². The lowest BCUT2D eigenvalue weighted by atomic mass is 9.89. The Morgan fingerprint density at radius 1 is 1.36 bits per heavy atom. The minimum Gasteiger partial charge on any atom is -0.399 e. The van der Waals surface area contributed by atoms with Gasteiger partial charge in [-0.05, 0) is 44.7 Å². The van der Waals surface area contributed by atoms with Crippen LogP contribution in [0.2, 0.25) is 0 Å². The van der Waals surface area contributed by atoms with Gasteiger partial charge < -0.3 is 10.5 Å². The summed E-state index contributed by atoms with van der Waals surface area (Å²) in [5.74, 6) is -1.50. The van der Waals surface area contributed by atoms with Crippen LogP contribution in [0.5, 0.6) is 0 Å². The summed E-state index contributed by atoms with van der Waals surface area (Å²) in [5.41, 5.74) is 5.53. The topological polar surface area (TPSA) is 83.4 Å². The third-order valence-electron chi connectivity index (χ3n) is 4.05. The molecule has 0 radical (unpaired) electrons. The van der Waals surface area contributed by atoms with Gasteiger partial charge in [-0.1, -0.05) is 12.2 Å². The molecule has 0 saturated carbocycles. The Bertz CT molecular complexity index is 554. The monoisotopic (exact) mass is 327 g/mol. The SMILES string of the molecule is CNC1(NC)OCC(C=S)N[C@@]1(NC)c1cc(N)ccc1F. The first-order chi connectivity index (χ1) is 10.5. The Morgan fingerprint density at radius 2 is 2.05 bits per heavy atom. The molecular formula is C14H22FN5OS. The molecule has 8 heteroatoms. The van der Waals surface area contributed by atoms with E-state index in [2.05, 4.69) is 21.3 Å². The summed E-state index contributed by atoms with van der Waals surface area (Å²) in [6.07, 6.45) is 0. The molecule has 2 rings (SSSR count). The summed E-state index contributed by atoms with van der Waals surface area (Å²) in [6, 6.07) is 4.21. The van der Waals surface area contributed by atoms with Gasteiger partial charge in [0.25, 0.3) is 0 Å². The second kappa shape index (κ2) is 6.53. The second-order valence-electron chi connectivity index (χ2n) is 5.12. The summed E-state index contributed by atoms with van der Waals surface area (Å²) >= 11 is 5.02. The van der Waals surface area contributed by atoms with E-state index in [9.17, 15) is 4.39 Å². The molecule has 1 aromatic rings. The van der Waals surface area contributed by atoms with E-state index in [1.54, 1.807) is 32.6 Å². The van der Waals surface area contributed by atoms with Crippen LogP contribution in [0, 0.1) is 5.82 Å². The van der Waals surface area contributed by atoms with Gasteiger partial charge in [-0.25, -0.2) is 4.39 Å². The van der Waals surface area contributed by atoms with E-state index < -0.39 is 17.3 Å². The molecule has 1 aliphatic rings. The Labute approximate surface area is 135 Å². The molecule has 122 valence electrons. The predicted octanol–water partition coefficient (Wildman–Crippen LogP) is -0.139. The van der Waals surface area contributed by atoms with Crippen molar-refractivity contribution in [1.29, 1.82) is 0 Å². The highest BCUT2D eigenvalue weighted by molar-refractivity contribution is 7.79. The van der Waals surface area contributed by atoms with Crippen molar-refractivity contribution in [2.75, 3.05) is 33.5 Å². The molecule has 1 aromatic carbocycles. The molecule has 1 aliphatic heterocycles. The molecule has 0 amide bonds. The molecule has 22 heavy (non-hydrogen) atoms. The smallest absolute Gasteiger partial charge is 0.211 e. The molecule has 0 aromatic heterocycles. The summed E-state index contributed by atoms with van der Waals surface area (Å²) < 4.78 is 20.5. The van der Waals surface area contributed by atoms with Gasteiger partial charge in [-0.15, -0.1) is 0 Å². The molecule has 6 nitrogen and oxygen atoms in total. The number of nitrogen functional groups attached to an aromatic ring is 1. The van der Waals surface area contributed by atoms with Crippen molar-refractivity contribution in [2.24, 2.45) is 0 Å². The number of hydrogen-bond donors (Lipinski definition) is 5. The van der Waals surface area contributed by atoms with Gasteiger partial charge in [-0.2, -0.15) is 0 Å². The van der Waals surface area contributed by atoms with Crippen LogP contribution in [0.25, 0.3) is 0 Å². The number of benzene rings is 1. The fraction of sp³-hybridized carbons (Fsp3) is 0.500. The first-order valence-electron chi connectivity index (χ1n) is 6.97. The van der Waals surface area contributed by atoms with Gasteiger partial charge in [0, 0.05) is 11.3 Å². The van der Waals surface area contributed by atoms with E-state index in [0.29, 0.717) is 17.9 Å². The average molecular weight is 327 g/mol. The van der Waals surface area contributed by atoms with Crippen LogP contribution in [0.4, 0.5) is 10.1 Å². The molecule has 2 atom stereocenters. The molecule has 0 spiro atoms. The van der Waals surface area contributed by atoms with Crippen molar-refractivity contribution >= 4 is 23.3 Å². The predicted molar refractivity (Wildman–Crippen MR) is 88.9 cm³/mol. The number of rotatable bonds is 5. The highest BCUT2D eigenvalue weighted by Crippen LogP contribution is 2.35. The third-order valence-corrected chi connectivity index (χ3v) is 4.38. The normalized spacial score (nSPS) is 27.5.